The number of rotatable bonds is 3. The Kier molecular flexibility index (Phi) is 3.67. The molecule has 0 aromatic carbocycles. The highest BCUT2D eigenvalue weighted by atomic mass is 16.2. The number of hydrogen-bond acceptors (Lipinski definition) is 3. The van der Waals surface area contributed by atoms with Crippen molar-refractivity contribution < 1.29 is 9.59 Å². The number of amides is 2. The first kappa shape index (κ1) is 11.5. The molecule has 82 valence electrons. The molecule has 0 saturated carbocycles. The minimum absolute atomic E-state index is 0.227. The number of carbonyl (C=O) groups excluding carboxylic acids is 2. The van der Waals surface area contributed by atoms with Crippen LogP contribution in [-0.2, 0) is 9.59 Å². The second-order valence-corrected chi connectivity index (χ2v) is 3.67. The van der Waals surface area contributed by atoms with Crippen LogP contribution in [0.2, 0.25) is 0 Å². The molecule has 1 heterocycles. The van der Waals surface area contributed by atoms with E-state index in [-0.39, 0.29) is 5.92 Å². The highest BCUT2D eigenvalue weighted by Crippen LogP contribution is 2.07. The molecule has 1 atom stereocenters. The van der Waals surface area contributed by atoms with Gasteiger partial charge in [0.2, 0.25) is 0 Å². The van der Waals surface area contributed by atoms with E-state index in [0.717, 1.165) is 0 Å². The van der Waals surface area contributed by atoms with Crippen LogP contribution in [0.4, 0.5) is 0 Å². The minimum atomic E-state index is -0.481. The van der Waals surface area contributed by atoms with Gasteiger partial charge < -0.3 is 9.80 Å². The molecular weight excluding hydrogens is 194 g/mol. The van der Waals surface area contributed by atoms with Crippen molar-refractivity contribution in [2.24, 2.45) is 5.92 Å². The van der Waals surface area contributed by atoms with Crippen LogP contribution in [0, 0.1) is 17.2 Å². The summed E-state index contributed by atoms with van der Waals surface area (Å²) in [5.41, 5.74) is 0. The van der Waals surface area contributed by atoms with Gasteiger partial charge in [0.15, 0.2) is 0 Å². The van der Waals surface area contributed by atoms with Crippen LogP contribution in [0.1, 0.15) is 13.8 Å². The van der Waals surface area contributed by atoms with Gasteiger partial charge in [-0.25, -0.2) is 0 Å². The van der Waals surface area contributed by atoms with Gasteiger partial charge in [0.05, 0.1) is 12.0 Å². The van der Waals surface area contributed by atoms with E-state index in [2.05, 4.69) is 6.07 Å². The van der Waals surface area contributed by atoms with Crippen LogP contribution >= 0.6 is 0 Å². The minimum Gasteiger partial charge on any atom is -0.333 e. The lowest BCUT2D eigenvalue weighted by Gasteiger charge is -2.33. The van der Waals surface area contributed by atoms with E-state index in [9.17, 15) is 9.59 Å². The summed E-state index contributed by atoms with van der Waals surface area (Å²) in [6.07, 6.45) is 0. The van der Waals surface area contributed by atoms with Crippen LogP contribution in [0.5, 0.6) is 0 Å². The summed E-state index contributed by atoms with van der Waals surface area (Å²) in [5, 5.41) is 8.63. The van der Waals surface area contributed by atoms with Crippen LogP contribution < -0.4 is 0 Å². The van der Waals surface area contributed by atoms with E-state index < -0.39 is 11.8 Å². The Labute approximate surface area is 89.3 Å². The first-order valence-electron chi connectivity index (χ1n) is 5.08. The Hall–Kier alpha value is -1.57. The molecule has 5 heteroatoms. The SMILES string of the molecule is CCN1CCN(CC(C)C#N)C(=O)C1=O. The molecule has 1 aliphatic heterocycles. The molecule has 1 unspecified atom stereocenters. The van der Waals surface area contributed by atoms with E-state index in [1.165, 1.54) is 9.80 Å². The molecule has 0 aliphatic carbocycles. The number of piperazine rings is 1. The van der Waals surface area contributed by atoms with Gasteiger partial charge >= 0.3 is 11.8 Å². The molecule has 0 bridgehead atoms. The lowest BCUT2D eigenvalue weighted by Crippen LogP contribution is -2.54. The average Bonchev–Trinajstić information content (AvgIpc) is 2.25. The first-order valence-corrected chi connectivity index (χ1v) is 5.08. The maximum atomic E-state index is 11.6. The van der Waals surface area contributed by atoms with E-state index >= 15 is 0 Å². The maximum absolute atomic E-state index is 11.6. The van der Waals surface area contributed by atoms with Crippen molar-refractivity contribution in [3.8, 4) is 6.07 Å². The quantitative estimate of drug-likeness (QED) is 0.606. The molecule has 0 spiro atoms. The lowest BCUT2D eigenvalue weighted by molar-refractivity contribution is -0.156. The summed E-state index contributed by atoms with van der Waals surface area (Å²) >= 11 is 0. The zero-order chi connectivity index (χ0) is 11.4. The normalized spacial score (nSPS) is 19.0. The van der Waals surface area contributed by atoms with Crippen molar-refractivity contribution in [2.75, 3.05) is 26.2 Å². The fourth-order valence-corrected chi connectivity index (χ4v) is 1.56. The van der Waals surface area contributed by atoms with Crippen LogP contribution in [-0.4, -0.2) is 47.8 Å². The van der Waals surface area contributed by atoms with E-state index in [4.69, 9.17) is 5.26 Å². The second-order valence-electron chi connectivity index (χ2n) is 3.67. The third-order valence-corrected chi connectivity index (χ3v) is 2.49. The van der Waals surface area contributed by atoms with Gasteiger partial charge in [-0.15, -0.1) is 0 Å². The summed E-state index contributed by atoms with van der Waals surface area (Å²) in [6, 6.07) is 2.05. The summed E-state index contributed by atoms with van der Waals surface area (Å²) in [4.78, 5) is 26.0. The van der Waals surface area contributed by atoms with Crippen molar-refractivity contribution >= 4 is 11.8 Å². The van der Waals surface area contributed by atoms with Crippen LogP contribution in [0.3, 0.4) is 0 Å². The highest BCUT2D eigenvalue weighted by molar-refractivity contribution is 6.35. The Morgan fingerprint density at radius 2 is 1.87 bits per heavy atom. The molecule has 1 saturated heterocycles. The second kappa shape index (κ2) is 4.78. The maximum Gasteiger partial charge on any atom is 0.312 e. The fourth-order valence-electron chi connectivity index (χ4n) is 1.56. The summed E-state index contributed by atoms with van der Waals surface area (Å²) in [5.74, 6) is -1.16. The van der Waals surface area contributed by atoms with E-state index in [1.54, 1.807) is 6.92 Å². The summed E-state index contributed by atoms with van der Waals surface area (Å²) < 4.78 is 0. The monoisotopic (exact) mass is 209 g/mol. The smallest absolute Gasteiger partial charge is 0.312 e. The molecule has 5 nitrogen and oxygen atoms in total. The van der Waals surface area contributed by atoms with E-state index in [0.29, 0.717) is 26.2 Å². The van der Waals surface area contributed by atoms with Gasteiger partial charge in [-0.1, -0.05) is 0 Å². The number of nitrogens with zero attached hydrogens (tertiary/aromatic N) is 3. The van der Waals surface area contributed by atoms with Gasteiger partial charge in [0.25, 0.3) is 0 Å². The molecule has 0 radical (unpaired) electrons. The number of nitriles is 1. The van der Waals surface area contributed by atoms with Gasteiger partial charge in [0, 0.05) is 26.2 Å². The van der Waals surface area contributed by atoms with Gasteiger partial charge in [-0.2, -0.15) is 5.26 Å². The lowest BCUT2D eigenvalue weighted by atomic mass is 10.1. The molecule has 1 aliphatic rings. The Balaban J connectivity index is 2.62. The van der Waals surface area contributed by atoms with Crippen molar-refractivity contribution in [2.45, 2.75) is 13.8 Å². The molecule has 1 rings (SSSR count). The third-order valence-electron chi connectivity index (χ3n) is 2.49. The molecule has 15 heavy (non-hydrogen) atoms. The van der Waals surface area contributed by atoms with Gasteiger partial charge in [-0.3, -0.25) is 9.59 Å². The number of likely N-dealkylation sites (N-methyl/N-ethyl adjacent to an activating group) is 1. The Bertz CT molecular complexity index is 308. The van der Waals surface area contributed by atoms with Gasteiger partial charge in [0.1, 0.15) is 0 Å². The van der Waals surface area contributed by atoms with Crippen LogP contribution in [0.25, 0.3) is 0 Å². The summed E-state index contributed by atoms with van der Waals surface area (Å²) in [6.45, 7) is 5.59. The largest absolute Gasteiger partial charge is 0.333 e. The van der Waals surface area contributed by atoms with Gasteiger partial charge in [-0.05, 0) is 13.8 Å². The number of carbonyl (C=O) groups is 2. The summed E-state index contributed by atoms with van der Waals surface area (Å²) in [7, 11) is 0. The molecular formula is C10H15N3O2. The van der Waals surface area contributed by atoms with Crippen molar-refractivity contribution in [3.05, 3.63) is 0 Å². The van der Waals surface area contributed by atoms with Crippen molar-refractivity contribution in [3.63, 3.8) is 0 Å². The van der Waals surface area contributed by atoms with Crippen molar-refractivity contribution in [1.82, 2.24) is 9.80 Å². The Morgan fingerprint density at radius 3 is 2.40 bits per heavy atom. The molecule has 0 N–H and O–H groups in total. The standard InChI is InChI=1S/C10H15N3O2/c1-3-12-4-5-13(7-8(2)6-11)10(15)9(12)14/h8H,3-5,7H2,1-2H3. The first-order chi connectivity index (χ1) is 7.10. The fraction of sp³-hybridized carbons (Fsp3) is 0.700. The zero-order valence-corrected chi connectivity index (χ0v) is 9.06. The predicted molar refractivity (Wildman–Crippen MR) is 53.6 cm³/mol. The topological polar surface area (TPSA) is 64.4 Å². The molecule has 2 amide bonds. The average molecular weight is 209 g/mol. The highest BCUT2D eigenvalue weighted by Gasteiger charge is 2.31. The van der Waals surface area contributed by atoms with Crippen molar-refractivity contribution in [1.29, 1.82) is 5.26 Å². The molecule has 0 aromatic heterocycles. The van der Waals surface area contributed by atoms with Crippen LogP contribution in [0.15, 0.2) is 0 Å². The third kappa shape index (κ3) is 2.46. The predicted octanol–water partition coefficient (Wildman–Crippen LogP) is -0.163. The molecule has 1 fully saturated rings. The molecule has 0 aromatic rings. The zero-order valence-electron chi connectivity index (χ0n) is 9.06. The number of hydrogen-bond donors (Lipinski definition) is 0. The Morgan fingerprint density at radius 1 is 1.33 bits per heavy atom. The van der Waals surface area contributed by atoms with E-state index in [1.807, 2.05) is 6.92 Å².